The summed E-state index contributed by atoms with van der Waals surface area (Å²) in [5, 5.41) is 2.99. The van der Waals surface area contributed by atoms with Crippen LogP contribution >= 0.6 is 0 Å². The predicted octanol–water partition coefficient (Wildman–Crippen LogP) is 4.88. The Morgan fingerprint density at radius 1 is 1.19 bits per heavy atom. The van der Waals surface area contributed by atoms with Crippen LogP contribution in [0.3, 0.4) is 0 Å². The second-order valence-corrected chi connectivity index (χ2v) is 7.28. The lowest BCUT2D eigenvalue weighted by molar-refractivity contribution is 0.102. The number of fused-ring (bicyclic) bond motifs is 1. The number of anilines is 1. The highest BCUT2D eigenvalue weighted by Gasteiger charge is 2.19. The van der Waals surface area contributed by atoms with Crippen molar-refractivity contribution < 1.29 is 9.53 Å². The molecule has 0 spiro atoms. The zero-order chi connectivity index (χ0) is 19.4. The molecule has 142 valence electrons. The molecule has 0 aliphatic heterocycles. The molecule has 0 fully saturated rings. The molecule has 0 aliphatic rings. The summed E-state index contributed by atoms with van der Waals surface area (Å²) >= 11 is 0. The third kappa shape index (κ3) is 4.48. The lowest BCUT2D eigenvalue weighted by Gasteiger charge is -2.10. The second-order valence-electron chi connectivity index (χ2n) is 7.28. The van der Waals surface area contributed by atoms with Crippen LogP contribution in [0.15, 0.2) is 42.6 Å². The maximum atomic E-state index is 13.0. The van der Waals surface area contributed by atoms with E-state index in [9.17, 15) is 4.79 Å². The normalized spacial score (nSPS) is 11.1. The molecular weight excluding hydrogens is 338 g/mol. The molecule has 0 unspecified atom stereocenters. The number of nitrogens with one attached hydrogen (secondary N) is 1. The van der Waals surface area contributed by atoms with Crippen molar-refractivity contribution in [1.29, 1.82) is 0 Å². The number of carbonyl (C=O) groups excluding carboxylic acids is 1. The van der Waals surface area contributed by atoms with E-state index in [4.69, 9.17) is 4.74 Å². The lowest BCUT2D eigenvalue weighted by Crippen LogP contribution is -2.16. The number of aryl methyl sites for hydroxylation is 2. The maximum Gasteiger partial charge on any atom is 0.274 e. The van der Waals surface area contributed by atoms with Crippen LogP contribution < -0.4 is 10.1 Å². The van der Waals surface area contributed by atoms with Crippen molar-refractivity contribution in [2.24, 2.45) is 5.92 Å². The Labute approximate surface area is 160 Å². The van der Waals surface area contributed by atoms with E-state index in [0.717, 1.165) is 41.2 Å². The van der Waals surface area contributed by atoms with Gasteiger partial charge in [0.2, 0.25) is 0 Å². The van der Waals surface area contributed by atoms with Gasteiger partial charge >= 0.3 is 0 Å². The summed E-state index contributed by atoms with van der Waals surface area (Å²) in [5.41, 5.74) is 4.06. The van der Waals surface area contributed by atoms with E-state index in [-0.39, 0.29) is 5.91 Å². The van der Waals surface area contributed by atoms with Gasteiger partial charge < -0.3 is 10.1 Å². The zero-order valence-electron chi connectivity index (χ0n) is 16.5. The van der Waals surface area contributed by atoms with E-state index in [0.29, 0.717) is 18.2 Å². The molecule has 0 aliphatic carbocycles. The van der Waals surface area contributed by atoms with E-state index >= 15 is 0 Å². The molecule has 0 bridgehead atoms. The molecule has 2 heterocycles. The minimum atomic E-state index is -0.146. The van der Waals surface area contributed by atoms with Gasteiger partial charge in [0.15, 0.2) is 0 Å². The quantitative estimate of drug-likeness (QED) is 0.649. The Balaban J connectivity index is 1.83. The van der Waals surface area contributed by atoms with E-state index in [1.807, 2.05) is 53.9 Å². The van der Waals surface area contributed by atoms with Gasteiger partial charge in [-0.15, -0.1) is 0 Å². The van der Waals surface area contributed by atoms with Crippen LogP contribution in [-0.4, -0.2) is 21.9 Å². The van der Waals surface area contributed by atoms with Crippen LogP contribution in [0.4, 0.5) is 5.69 Å². The van der Waals surface area contributed by atoms with Crippen LogP contribution in [-0.2, 0) is 6.42 Å². The van der Waals surface area contributed by atoms with Crippen LogP contribution in [0.25, 0.3) is 5.65 Å². The van der Waals surface area contributed by atoms with Gasteiger partial charge in [0.1, 0.15) is 17.1 Å². The van der Waals surface area contributed by atoms with E-state index in [1.165, 1.54) is 0 Å². The fraction of sp³-hybridized carbons (Fsp3) is 0.364. The summed E-state index contributed by atoms with van der Waals surface area (Å²) in [7, 11) is 0. The van der Waals surface area contributed by atoms with Crippen LogP contribution in [0.1, 0.15) is 48.9 Å². The van der Waals surface area contributed by atoms with Crippen LogP contribution in [0.2, 0.25) is 0 Å². The Morgan fingerprint density at radius 2 is 1.93 bits per heavy atom. The number of ether oxygens (including phenoxy) is 1. The number of aromatic nitrogens is 2. The molecule has 1 aromatic carbocycles. The second kappa shape index (κ2) is 8.25. The number of hydrogen-bond acceptors (Lipinski definition) is 3. The highest BCUT2D eigenvalue weighted by molar-refractivity contribution is 6.04. The number of carbonyl (C=O) groups is 1. The summed E-state index contributed by atoms with van der Waals surface area (Å²) in [6, 6.07) is 11.4. The fourth-order valence-electron chi connectivity index (χ4n) is 2.94. The van der Waals surface area contributed by atoms with Crippen molar-refractivity contribution in [2.75, 3.05) is 11.9 Å². The molecule has 0 saturated carbocycles. The number of pyridine rings is 1. The van der Waals surface area contributed by atoms with Crippen molar-refractivity contribution in [3.8, 4) is 5.75 Å². The van der Waals surface area contributed by atoms with Crippen molar-refractivity contribution in [3.05, 3.63) is 59.5 Å². The summed E-state index contributed by atoms with van der Waals surface area (Å²) in [4.78, 5) is 17.6. The van der Waals surface area contributed by atoms with Crippen LogP contribution in [0.5, 0.6) is 5.75 Å². The maximum absolute atomic E-state index is 13.0. The molecular formula is C22H27N3O2. The summed E-state index contributed by atoms with van der Waals surface area (Å²) in [6.07, 6.45) is 3.66. The summed E-state index contributed by atoms with van der Waals surface area (Å²) in [6.45, 7) is 9.00. The first-order valence-corrected chi connectivity index (χ1v) is 9.49. The number of nitrogens with zero attached hydrogens (tertiary/aromatic N) is 2. The van der Waals surface area contributed by atoms with Gasteiger partial charge in [-0.05, 0) is 55.2 Å². The monoisotopic (exact) mass is 365 g/mol. The van der Waals surface area contributed by atoms with Gasteiger partial charge in [-0.2, -0.15) is 0 Å². The highest BCUT2D eigenvalue weighted by atomic mass is 16.5. The zero-order valence-corrected chi connectivity index (χ0v) is 16.5. The smallest absolute Gasteiger partial charge is 0.274 e. The van der Waals surface area contributed by atoms with Gasteiger partial charge in [0.05, 0.1) is 12.3 Å². The number of imidazole rings is 1. The van der Waals surface area contributed by atoms with E-state index in [1.54, 1.807) is 0 Å². The van der Waals surface area contributed by atoms with Gasteiger partial charge in [0, 0.05) is 11.9 Å². The SMILES string of the molecule is CCCc1nc2ccc(C)cn2c1C(=O)Nc1ccc(OCC(C)C)cc1. The third-order valence-electron chi connectivity index (χ3n) is 4.24. The standard InChI is InChI=1S/C22H27N3O2/c1-5-6-19-21(25-13-16(4)7-12-20(25)24-19)22(26)23-17-8-10-18(11-9-17)27-14-15(2)3/h7-13,15H,5-6,14H2,1-4H3,(H,23,26). The number of amides is 1. The number of hydrogen-bond donors (Lipinski definition) is 1. The predicted molar refractivity (Wildman–Crippen MR) is 109 cm³/mol. The molecule has 5 nitrogen and oxygen atoms in total. The highest BCUT2D eigenvalue weighted by Crippen LogP contribution is 2.20. The molecule has 0 radical (unpaired) electrons. The van der Waals surface area contributed by atoms with Crippen LogP contribution in [0, 0.1) is 12.8 Å². The minimum absolute atomic E-state index is 0.146. The number of rotatable bonds is 7. The van der Waals surface area contributed by atoms with Gasteiger partial charge in [-0.25, -0.2) is 4.98 Å². The van der Waals surface area contributed by atoms with Crippen molar-refractivity contribution in [2.45, 2.75) is 40.5 Å². The molecule has 3 aromatic rings. The molecule has 0 atom stereocenters. The molecule has 2 aromatic heterocycles. The first kappa shape index (κ1) is 19.0. The lowest BCUT2D eigenvalue weighted by atomic mass is 10.2. The Hall–Kier alpha value is -2.82. The largest absolute Gasteiger partial charge is 0.493 e. The number of benzene rings is 1. The topological polar surface area (TPSA) is 55.6 Å². The van der Waals surface area contributed by atoms with Crippen molar-refractivity contribution in [1.82, 2.24) is 9.38 Å². The molecule has 5 heteroatoms. The third-order valence-corrected chi connectivity index (χ3v) is 4.24. The van der Waals surface area contributed by atoms with E-state index < -0.39 is 0 Å². The van der Waals surface area contributed by atoms with Gasteiger partial charge in [-0.1, -0.05) is 33.3 Å². The first-order chi connectivity index (χ1) is 13.0. The van der Waals surface area contributed by atoms with Gasteiger partial charge in [0.25, 0.3) is 5.91 Å². The first-order valence-electron chi connectivity index (χ1n) is 9.49. The van der Waals surface area contributed by atoms with Crippen molar-refractivity contribution in [3.63, 3.8) is 0 Å². The Morgan fingerprint density at radius 3 is 2.59 bits per heavy atom. The Bertz CT molecular complexity index is 927. The Kier molecular flexibility index (Phi) is 5.79. The fourth-order valence-corrected chi connectivity index (χ4v) is 2.94. The van der Waals surface area contributed by atoms with Crippen molar-refractivity contribution >= 4 is 17.2 Å². The molecule has 1 amide bonds. The summed E-state index contributed by atoms with van der Waals surface area (Å²) < 4.78 is 7.58. The molecule has 1 N–H and O–H groups in total. The average Bonchev–Trinajstić information content (AvgIpc) is 2.98. The average molecular weight is 365 g/mol. The molecule has 3 rings (SSSR count). The molecule has 27 heavy (non-hydrogen) atoms. The summed E-state index contributed by atoms with van der Waals surface area (Å²) in [5.74, 6) is 1.13. The van der Waals surface area contributed by atoms with Gasteiger partial charge in [-0.3, -0.25) is 9.20 Å². The molecule has 0 saturated heterocycles. The minimum Gasteiger partial charge on any atom is -0.493 e. The van der Waals surface area contributed by atoms with E-state index in [2.05, 4.69) is 31.1 Å².